The van der Waals surface area contributed by atoms with Gasteiger partial charge in [-0.2, -0.15) is 0 Å². The molecule has 1 N–H and O–H groups in total. The normalized spacial score (nSPS) is 18.4. The number of carbonyl (C=O) groups excluding carboxylic acids is 2. The van der Waals surface area contributed by atoms with Gasteiger partial charge >= 0.3 is 0 Å². The summed E-state index contributed by atoms with van der Waals surface area (Å²) in [5.74, 6) is 0.202. The van der Waals surface area contributed by atoms with E-state index in [-0.39, 0.29) is 17.9 Å². The highest BCUT2D eigenvalue weighted by atomic mass is 79.9. The fraction of sp³-hybridized carbons (Fsp3) is 0.579. The maximum Gasteiger partial charge on any atom is 0.254 e. The van der Waals surface area contributed by atoms with Gasteiger partial charge in [0.2, 0.25) is 5.91 Å². The van der Waals surface area contributed by atoms with Gasteiger partial charge in [-0.25, -0.2) is 0 Å². The lowest BCUT2D eigenvalue weighted by molar-refractivity contribution is -0.132. The molecule has 1 aliphatic heterocycles. The molecule has 1 aromatic carbocycles. The van der Waals surface area contributed by atoms with Crippen molar-refractivity contribution in [1.29, 1.82) is 0 Å². The smallest absolute Gasteiger partial charge is 0.254 e. The molecule has 1 heterocycles. The first kappa shape index (κ1) is 18.4. The zero-order chi connectivity index (χ0) is 17.6. The summed E-state index contributed by atoms with van der Waals surface area (Å²) >= 11 is 3.44. The number of nitrogens with zero attached hydrogens (tertiary/aromatic N) is 2. The molecule has 2 amide bonds. The second-order valence-electron chi connectivity index (χ2n) is 6.83. The molecule has 1 saturated heterocycles. The van der Waals surface area contributed by atoms with Crippen LogP contribution in [0.4, 0.5) is 0 Å². The van der Waals surface area contributed by atoms with E-state index in [1.807, 2.05) is 34.1 Å². The third kappa shape index (κ3) is 4.82. The summed E-state index contributed by atoms with van der Waals surface area (Å²) in [4.78, 5) is 29.4. The van der Waals surface area contributed by atoms with Gasteiger partial charge in [-0.05, 0) is 31.0 Å². The molecule has 2 fully saturated rings. The maximum absolute atomic E-state index is 13.0. The number of halogens is 1. The molecule has 2 aliphatic rings. The van der Waals surface area contributed by atoms with E-state index in [4.69, 9.17) is 0 Å². The molecule has 0 atom stereocenters. The highest BCUT2D eigenvalue weighted by Crippen LogP contribution is 2.26. The molecule has 0 bridgehead atoms. The summed E-state index contributed by atoms with van der Waals surface area (Å²) < 4.78 is 0.904. The van der Waals surface area contributed by atoms with E-state index >= 15 is 0 Å². The van der Waals surface area contributed by atoms with Gasteiger partial charge in [-0.1, -0.05) is 34.8 Å². The Morgan fingerprint density at radius 3 is 2.60 bits per heavy atom. The predicted molar refractivity (Wildman–Crippen MR) is 102 cm³/mol. The van der Waals surface area contributed by atoms with Gasteiger partial charge in [0.15, 0.2) is 0 Å². The Bertz CT molecular complexity index is 610. The van der Waals surface area contributed by atoms with Crippen LogP contribution in [-0.2, 0) is 4.79 Å². The number of rotatable bonds is 5. The largest absolute Gasteiger partial charge is 0.340 e. The van der Waals surface area contributed by atoms with Crippen molar-refractivity contribution in [3.8, 4) is 0 Å². The fourth-order valence-corrected chi connectivity index (χ4v) is 4.14. The minimum absolute atomic E-state index is 0.0429. The summed E-state index contributed by atoms with van der Waals surface area (Å²) in [7, 11) is 0. The van der Waals surface area contributed by atoms with Crippen molar-refractivity contribution < 1.29 is 9.59 Å². The van der Waals surface area contributed by atoms with E-state index in [2.05, 4.69) is 21.2 Å². The molecule has 0 aromatic heterocycles. The van der Waals surface area contributed by atoms with Gasteiger partial charge in [0, 0.05) is 55.2 Å². The van der Waals surface area contributed by atoms with Gasteiger partial charge in [-0.3, -0.25) is 9.59 Å². The Morgan fingerprint density at radius 1 is 1.20 bits per heavy atom. The molecule has 1 aromatic rings. The van der Waals surface area contributed by atoms with Gasteiger partial charge in [-0.15, -0.1) is 0 Å². The zero-order valence-corrected chi connectivity index (χ0v) is 16.1. The molecule has 136 valence electrons. The number of piperazine rings is 1. The first-order valence-electron chi connectivity index (χ1n) is 9.20. The van der Waals surface area contributed by atoms with Crippen LogP contribution in [0.25, 0.3) is 0 Å². The standard InChI is InChI=1S/C19H26BrN3O2/c20-16-5-3-4-15(14-16)19(25)23(17-6-1-2-7-17)11-8-18(24)22-12-9-21-10-13-22/h3-5,14,17,21H,1-2,6-13H2. The van der Waals surface area contributed by atoms with Crippen LogP contribution in [0.15, 0.2) is 28.7 Å². The lowest BCUT2D eigenvalue weighted by Crippen LogP contribution is -2.48. The lowest BCUT2D eigenvalue weighted by Gasteiger charge is -2.31. The number of benzene rings is 1. The molecule has 1 aliphatic carbocycles. The Morgan fingerprint density at radius 2 is 1.92 bits per heavy atom. The summed E-state index contributed by atoms with van der Waals surface area (Å²) in [6, 6.07) is 7.79. The van der Waals surface area contributed by atoms with Crippen LogP contribution in [0.3, 0.4) is 0 Å². The van der Waals surface area contributed by atoms with Crippen molar-refractivity contribution in [1.82, 2.24) is 15.1 Å². The number of hydrogen-bond donors (Lipinski definition) is 1. The SMILES string of the molecule is O=C(CCN(C(=O)c1cccc(Br)c1)C1CCCC1)N1CCNCC1. The highest BCUT2D eigenvalue weighted by molar-refractivity contribution is 9.10. The van der Waals surface area contributed by atoms with Crippen LogP contribution in [0, 0.1) is 0 Å². The number of carbonyl (C=O) groups is 2. The molecule has 0 unspecified atom stereocenters. The second kappa shape index (κ2) is 8.81. The topological polar surface area (TPSA) is 52.7 Å². The lowest BCUT2D eigenvalue weighted by atomic mass is 10.1. The first-order valence-corrected chi connectivity index (χ1v) is 9.99. The van der Waals surface area contributed by atoms with Crippen molar-refractivity contribution in [3.63, 3.8) is 0 Å². The zero-order valence-electron chi connectivity index (χ0n) is 14.5. The van der Waals surface area contributed by atoms with Crippen LogP contribution in [-0.4, -0.2) is 60.4 Å². The second-order valence-corrected chi connectivity index (χ2v) is 7.74. The summed E-state index contributed by atoms with van der Waals surface area (Å²) in [6.45, 7) is 3.76. The number of nitrogens with one attached hydrogen (secondary N) is 1. The van der Waals surface area contributed by atoms with Crippen molar-refractivity contribution in [3.05, 3.63) is 34.3 Å². The monoisotopic (exact) mass is 407 g/mol. The third-order valence-corrected chi connectivity index (χ3v) is 5.63. The van der Waals surface area contributed by atoms with Gasteiger partial charge in [0.1, 0.15) is 0 Å². The number of amides is 2. The molecule has 3 rings (SSSR count). The van der Waals surface area contributed by atoms with Crippen molar-refractivity contribution in [2.75, 3.05) is 32.7 Å². The van der Waals surface area contributed by atoms with E-state index in [0.717, 1.165) is 43.5 Å². The Labute approximate surface area is 157 Å². The van der Waals surface area contributed by atoms with E-state index in [1.54, 1.807) is 0 Å². The average molecular weight is 408 g/mol. The summed E-state index contributed by atoms with van der Waals surface area (Å²) in [5.41, 5.74) is 0.691. The van der Waals surface area contributed by atoms with Crippen LogP contribution in [0.5, 0.6) is 0 Å². The molecule has 0 radical (unpaired) electrons. The van der Waals surface area contributed by atoms with Crippen LogP contribution >= 0.6 is 15.9 Å². The summed E-state index contributed by atoms with van der Waals surface area (Å²) in [6.07, 6.45) is 4.83. The van der Waals surface area contributed by atoms with Gasteiger partial charge in [0.05, 0.1) is 0 Å². The van der Waals surface area contributed by atoms with E-state index < -0.39 is 0 Å². The Kier molecular flexibility index (Phi) is 6.48. The molecule has 0 spiro atoms. The molecule has 25 heavy (non-hydrogen) atoms. The third-order valence-electron chi connectivity index (χ3n) is 5.13. The summed E-state index contributed by atoms with van der Waals surface area (Å²) in [5, 5.41) is 3.26. The van der Waals surface area contributed by atoms with Gasteiger partial charge < -0.3 is 15.1 Å². The molecular weight excluding hydrogens is 382 g/mol. The van der Waals surface area contributed by atoms with Crippen molar-refractivity contribution in [2.24, 2.45) is 0 Å². The van der Waals surface area contributed by atoms with Crippen LogP contribution < -0.4 is 5.32 Å². The van der Waals surface area contributed by atoms with Crippen molar-refractivity contribution >= 4 is 27.7 Å². The quantitative estimate of drug-likeness (QED) is 0.815. The van der Waals surface area contributed by atoms with E-state index in [1.165, 1.54) is 12.8 Å². The predicted octanol–water partition coefficient (Wildman–Crippen LogP) is 2.66. The Hall–Kier alpha value is -1.40. The van der Waals surface area contributed by atoms with Gasteiger partial charge in [0.25, 0.3) is 5.91 Å². The van der Waals surface area contributed by atoms with Crippen LogP contribution in [0.1, 0.15) is 42.5 Å². The minimum Gasteiger partial charge on any atom is -0.340 e. The average Bonchev–Trinajstić information content (AvgIpc) is 3.16. The molecule has 5 nitrogen and oxygen atoms in total. The van der Waals surface area contributed by atoms with Crippen molar-refractivity contribution in [2.45, 2.75) is 38.1 Å². The van der Waals surface area contributed by atoms with E-state index in [9.17, 15) is 9.59 Å². The highest BCUT2D eigenvalue weighted by Gasteiger charge is 2.28. The fourth-order valence-electron chi connectivity index (χ4n) is 3.74. The molecule has 6 heteroatoms. The number of hydrogen-bond acceptors (Lipinski definition) is 3. The minimum atomic E-state index is 0.0429. The maximum atomic E-state index is 13.0. The van der Waals surface area contributed by atoms with Crippen LogP contribution in [0.2, 0.25) is 0 Å². The first-order chi connectivity index (χ1) is 12.1. The van der Waals surface area contributed by atoms with E-state index in [0.29, 0.717) is 18.5 Å². The molecular formula is C19H26BrN3O2. The molecule has 1 saturated carbocycles. The Balaban J connectivity index is 1.66.